The number of halogens is 2. The Labute approximate surface area is 182 Å². The molecule has 4 aromatic rings. The Morgan fingerprint density at radius 3 is 2.68 bits per heavy atom. The summed E-state index contributed by atoms with van der Waals surface area (Å²) in [5.74, 6) is -1.66. The number of anilines is 1. The van der Waals surface area contributed by atoms with E-state index in [-0.39, 0.29) is 17.1 Å². The molecule has 5 rings (SSSR count). The number of para-hydroxylation sites is 1. The summed E-state index contributed by atoms with van der Waals surface area (Å²) in [5, 5.41) is 1.01. The van der Waals surface area contributed by atoms with Crippen LogP contribution in [0.25, 0.3) is 22.0 Å². The van der Waals surface area contributed by atoms with Gasteiger partial charge < -0.3 is 4.57 Å². The molecule has 0 N–H and O–H groups in total. The van der Waals surface area contributed by atoms with Crippen LogP contribution in [0.3, 0.4) is 0 Å². The minimum Gasteiger partial charge on any atom is -0.333 e. The Balaban J connectivity index is 1.65. The first-order chi connectivity index (χ1) is 14.9. The van der Waals surface area contributed by atoms with Gasteiger partial charge >= 0.3 is 0 Å². The number of benzene rings is 2. The molecule has 2 aromatic carbocycles. The molecule has 2 aromatic heterocycles. The predicted molar refractivity (Wildman–Crippen MR) is 118 cm³/mol. The van der Waals surface area contributed by atoms with E-state index in [9.17, 15) is 17.2 Å². The van der Waals surface area contributed by atoms with E-state index in [0.29, 0.717) is 17.0 Å². The van der Waals surface area contributed by atoms with Crippen molar-refractivity contribution in [2.24, 2.45) is 7.05 Å². The highest BCUT2D eigenvalue weighted by atomic mass is 32.2. The second-order valence-corrected chi connectivity index (χ2v) is 10.1. The summed E-state index contributed by atoms with van der Waals surface area (Å²) >= 11 is 1.53. The van der Waals surface area contributed by atoms with Crippen molar-refractivity contribution in [3.05, 3.63) is 72.6 Å². The number of fused-ring (bicyclic) bond motifs is 2. The fraction of sp³-hybridized carbons (Fsp3) is 0.136. The molecule has 1 aliphatic heterocycles. The van der Waals surface area contributed by atoms with Crippen LogP contribution in [0.4, 0.5) is 14.5 Å². The van der Waals surface area contributed by atoms with Crippen LogP contribution in [0.5, 0.6) is 0 Å². The molecule has 158 valence electrons. The number of pyridine rings is 1. The lowest BCUT2D eigenvalue weighted by atomic mass is 10.1. The van der Waals surface area contributed by atoms with E-state index in [0.717, 1.165) is 15.8 Å². The molecule has 31 heavy (non-hydrogen) atoms. The minimum absolute atomic E-state index is 0.0350. The highest BCUT2D eigenvalue weighted by molar-refractivity contribution is 8.00. The van der Waals surface area contributed by atoms with Gasteiger partial charge in [0.2, 0.25) is 5.95 Å². The largest absolute Gasteiger partial charge is 0.333 e. The predicted octanol–water partition coefficient (Wildman–Crippen LogP) is 4.82. The van der Waals surface area contributed by atoms with Crippen molar-refractivity contribution in [1.82, 2.24) is 9.55 Å². The maximum absolute atomic E-state index is 14.3. The Hall–Kier alpha value is -2.91. The van der Waals surface area contributed by atoms with Crippen molar-refractivity contribution >= 4 is 38.4 Å². The molecule has 0 fully saturated rings. The lowest BCUT2D eigenvalue weighted by Crippen LogP contribution is -2.36. The summed E-state index contributed by atoms with van der Waals surface area (Å²) in [4.78, 5) is 4.09. The van der Waals surface area contributed by atoms with Gasteiger partial charge in [-0.25, -0.2) is 9.37 Å². The van der Waals surface area contributed by atoms with Gasteiger partial charge in [0.1, 0.15) is 0 Å². The standard InChI is InChI=1S/C22H17F2N3O2S2/c1-26-17-5-3-2-4-15(17)13-20(26)31(28,29)27-10-11-30-19-7-6-14(12-18(19)27)16-8-9-25-22(24)21(16)23/h2-9,12-13H,10-11H2,1H3. The summed E-state index contributed by atoms with van der Waals surface area (Å²) in [6, 6.07) is 15.5. The van der Waals surface area contributed by atoms with E-state index in [2.05, 4.69) is 4.98 Å². The van der Waals surface area contributed by atoms with Crippen LogP contribution < -0.4 is 4.31 Å². The molecule has 0 saturated carbocycles. The zero-order valence-electron chi connectivity index (χ0n) is 16.4. The monoisotopic (exact) mass is 457 g/mol. The van der Waals surface area contributed by atoms with E-state index in [4.69, 9.17) is 0 Å². The third-order valence-electron chi connectivity index (χ3n) is 5.40. The Kier molecular flexibility index (Phi) is 4.75. The number of nitrogens with zero attached hydrogens (tertiary/aromatic N) is 3. The third kappa shape index (κ3) is 3.19. The van der Waals surface area contributed by atoms with Crippen molar-refractivity contribution in [2.45, 2.75) is 9.92 Å². The number of aromatic nitrogens is 2. The molecule has 0 radical (unpaired) electrons. The Bertz CT molecular complexity index is 1430. The third-order valence-corrected chi connectivity index (χ3v) is 8.32. The lowest BCUT2D eigenvalue weighted by molar-refractivity contribution is 0.482. The van der Waals surface area contributed by atoms with Gasteiger partial charge in [0.05, 0.1) is 5.69 Å². The molecule has 0 spiro atoms. The van der Waals surface area contributed by atoms with E-state index in [1.54, 1.807) is 35.9 Å². The van der Waals surface area contributed by atoms with Crippen LogP contribution in [-0.4, -0.2) is 30.3 Å². The molecule has 9 heteroatoms. The highest BCUT2D eigenvalue weighted by Crippen LogP contribution is 2.41. The molecule has 0 unspecified atom stereocenters. The second kappa shape index (κ2) is 7.35. The summed E-state index contributed by atoms with van der Waals surface area (Å²) in [7, 11) is -2.16. The number of thioether (sulfide) groups is 1. The van der Waals surface area contributed by atoms with Gasteiger partial charge in [-0.05, 0) is 35.9 Å². The van der Waals surface area contributed by atoms with Gasteiger partial charge in [-0.2, -0.15) is 12.8 Å². The molecule has 0 aliphatic carbocycles. The van der Waals surface area contributed by atoms with Crippen molar-refractivity contribution in [3.8, 4) is 11.1 Å². The first-order valence-electron chi connectivity index (χ1n) is 9.52. The van der Waals surface area contributed by atoms with Crippen molar-refractivity contribution in [2.75, 3.05) is 16.6 Å². The summed E-state index contributed by atoms with van der Waals surface area (Å²) in [6.45, 7) is 0.276. The van der Waals surface area contributed by atoms with Gasteiger partial charge in [0.25, 0.3) is 10.0 Å². The average molecular weight is 458 g/mol. The number of hydrogen-bond donors (Lipinski definition) is 0. The van der Waals surface area contributed by atoms with Crippen LogP contribution in [0.15, 0.2) is 70.7 Å². The van der Waals surface area contributed by atoms with E-state index in [1.165, 1.54) is 28.3 Å². The Morgan fingerprint density at radius 1 is 1.06 bits per heavy atom. The van der Waals surface area contributed by atoms with Crippen molar-refractivity contribution < 1.29 is 17.2 Å². The van der Waals surface area contributed by atoms with Gasteiger partial charge in [-0.3, -0.25) is 4.31 Å². The van der Waals surface area contributed by atoms with E-state index in [1.807, 2.05) is 24.3 Å². The summed E-state index contributed by atoms with van der Waals surface area (Å²) in [5.41, 5.74) is 1.69. The maximum Gasteiger partial charge on any atom is 0.280 e. The van der Waals surface area contributed by atoms with Gasteiger partial charge in [-0.1, -0.05) is 24.3 Å². The first-order valence-corrected chi connectivity index (χ1v) is 11.9. The van der Waals surface area contributed by atoms with Crippen molar-refractivity contribution in [1.29, 1.82) is 0 Å². The van der Waals surface area contributed by atoms with Crippen LogP contribution in [0.1, 0.15) is 0 Å². The fourth-order valence-corrected chi connectivity index (χ4v) is 6.71. The molecule has 3 heterocycles. The lowest BCUT2D eigenvalue weighted by Gasteiger charge is -2.30. The zero-order valence-corrected chi connectivity index (χ0v) is 18.1. The molecule has 0 saturated heterocycles. The van der Waals surface area contributed by atoms with Crippen molar-refractivity contribution in [3.63, 3.8) is 0 Å². The molecule has 0 amide bonds. The molecular weight excluding hydrogens is 440 g/mol. The number of sulfonamides is 1. The van der Waals surface area contributed by atoms with Crippen LogP contribution >= 0.6 is 11.8 Å². The van der Waals surface area contributed by atoms with Gasteiger partial charge in [0, 0.05) is 46.9 Å². The molecule has 5 nitrogen and oxygen atoms in total. The first kappa shape index (κ1) is 20.0. The fourth-order valence-electron chi connectivity index (χ4n) is 3.88. The van der Waals surface area contributed by atoms with Crippen LogP contribution in [0, 0.1) is 11.8 Å². The maximum atomic E-state index is 14.3. The normalized spacial score (nSPS) is 14.1. The molecule has 1 aliphatic rings. The SMILES string of the molecule is Cn1c(S(=O)(=O)N2CCSc3ccc(-c4ccnc(F)c4F)cc32)cc2ccccc21. The van der Waals surface area contributed by atoms with Gasteiger partial charge in [-0.15, -0.1) is 11.8 Å². The molecular formula is C22H17F2N3O2S2. The number of aryl methyl sites for hydroxylation is 1. The van der Waals surface area contributed by atoms with Crippen LogP contribution in [0.2, 0.25) is 0 Å². The van der Waals surface area contributed by atoms with Crippen LogP contribution in [-0.2, 0) is 17.1 Å². The molecule has 0 bridgehead atoms. The highest BCUT2D eigenvalue weighted by Gasteiger charge is 2.32. The number of hydrogen-bond acceptors (Lipinski definition) is 4. The van der Waals surface area contributed by atoms with Gasteiger partial charge in [0.15, 0.2) is 10.8 Å². The average Bonchev–Trinajstić information content (AvgIpc) is 3.12. The Morgan fingerprint density at radius 2 is 1.87 bits per heavy atom. The second-order valence-electron chi connectivity index (χ2n) is 7.17. The zero-order chi connectivity index (χ0) is 21.8. The molecule has 0 atom stereocenters. The van der Waals surface area contributed by atoms with E-state index < -0.39 is 21.8 Å². The minimum atomic E-state index is -3.88. The topological polar surface area (TPSA) is 55.2 Å². The quantitative estimate of drug-likeness (QED) is 0.414. The number of rotatable bonds is 3. The summed E-state index contributed by atoms with van der Waals surface area (Å²) in [6.07, 6.45) is 1.19. The summed E-state index contributed by atoms with van der Waals surface area (Å²) < 4.78 is 58.3. The smallest absolute Gasteiger partial charge is 0.280 e. The van der Waals surface area contributed by atoms with E-state index >= 15 is 0 Å².